The first-order chi connectivity index (χ1) is 16.3. The van der Waals surface area contributed by atoms with Crippen LogP contribution < -0.4 is 9.47 Å². The van der Waals surface area contributed by atoms with Gasteiger partial charge in [0.25, 0.3) is 11.7 Å². The van der Waals surface area contributed by atoms with Crippen LogP contribution in [0.15, 0.2) is 48.0 Å². The van der Waals surface area contributed by atoms with Crippen LogP contribution in [0.1, 0.15) is 37.9 Å². The molecule has 8 heteroatoms. The maximum atomic E-state index is 13.0. The summed E-state index contributed by atoms with van der Waals surface area (Å²) in [5.41, 5.74) is 0.871. The summed E-state index contributed by atoms with van der Waals surface area (Å²) in [6.07, 6.45) is 0. The molecule has 1 heterocycles. The summed E-state index contributed by atoms with van der Waals surface area (Å²) in [7, 11) is 1.50. The van der Waals surface area contributed by atoms with Gasteiger partial charge < -0.3 is 29.3 Å². The number of aromatic hydroxyl groups is 1. The van der Waals surface area contributed by atoms with Crippen LogP contribution in [0.5, 0.6) is 17.2 Å². The van der Waals surface area contributed by atoms with E-state index in [1.165, 1.54) is 18.1 Å². The Kier molecular flexibility index (Phi) is 8.17. The third kappa shape index (κ3) is 5.34. The van der Waals surface area contributed by atoms with E-state index in [9.17, 15) is 19.8 Å². The Morgan fingerprint density at radius 3 is 2.41 bits per heavy atom. The molecule has 34 heavy (non-hydrogen) atoms. The van der Waals surface area contributed by atoms with Crippen molar-refractivity contribution in [3.8, 4) is 17.2 Å². The number of aliphatic hydroxyl groups excluding tert-OH is 1. The van der Waals surface area contributed by atoms with Gasteiger partial charge in [-0.3, -0.25) is 9.59 Å². The number of carbonyl (C=O) groups is 2. The second-order valence-corrected chi connectivity index (χ2v) is 8.37. The molecule has 0 aliphatic carbocycles. The number of phenols is 1. The second-order valence-electron chi connectivity index (χ2n) is 8.37. The van der Waals surface area contributed by atoms with Crippen LogP contribution in [0.4, 0.5) is 0 Å². The lowest BCUT2D eigenvalue weighted by Crippen LogP contribution is -2.32. The number of aliphatic hydroxyl groups is 1. The van der Waals surface area contributed by atoms with Crippen molar-refractivity contribution in [2.75, 3.05) is 33.5 Å². The summed E-state index contributed by atoms with van der Waals surface area (Å²) >= 11 is 0. The minimum Gasteiger partial charge on any atom is -0.507 e. The fraction of sp³-hybridized carbons (Fsp3) is 0.385. The SMILES string of the molecule is CCOc1cc(C2/C(=C(/O)c3ccc(OCC(C)C)cc3)C(=O)C(=O)N2CCOC)ccc1O. The Bertz CT molecular complexity index is 1060. The number of Topliss-reactive ketones (excluding diaryl/α,β-unsaturated/α-hetero) is 1. The molecule has 1 aliphatic rings. The zero-order valence-electron chi connectivity index (χ0n) is 19.9. The normalized spacial score (nSPS) is 17.4. The van der Waals surface area contributed by atoms with Crippen LogP contribution in [0.3, 0.4) is 0 Å². The molecular formula is C26H31NO7. The molecule has 2 N–H and O–H groups in total. The maximum Gasteiger partial charge on any atom is 0.295 e. The molecule has 2 aromatic rings. The first kappa shape index (κ1) is 25.1. The summed E-state index contributed by atoms with van der Waals surface area (Å²) in [5, 5.41) is 21.3. The summed E-state index contributed by atoms with van der Waals surface area (Å²) in [6.45, 7) is 7.11. The number of rotatable bonds is 10. The van der Waals surface area contributed by atoms with Crippen LogP contribution in [0.2, 0.25) is 0 Å². The van der Waals surface area contributed by atoms with E-state index >= 15 is 0 Å². The topological polar surface area (TPSA) is 106 Å². The maximum absolute atomic E-state index is 13.0. The predicted molar refractivity (Wildman–Crippen MR) is 127 cm³/mol. The van der Waals surface area contributed by atoms with Crippen molar-refractivity contribution in [2.45, 2.75) is 26.8 Å². The summed E-state index contributed by atoms with van der Waals surface area (Å²) in [4.78, 5) is 27.3. The average Bonchev–Trinajstić information content (AvgIpc) is 3.07. The third-order valence-corrected chi connectivity index (χ3v) is 5.39. The first-order valence-electron chi connectivity index (χ1n) is 11.2. The summed E-state index contributed by atoms with van der Waals surface area (Å²) < 4.78 is 16.3. The van der Waals surface area contributed by atoms with Crippen LogP contribution in [-0.2, 0) is 14.3 Å². The molecule has 1 saturated heterocycles. The number of likely N-dealkylation sites (tertiary alicyclic amines) is 1. The Morgan fingerprint density at radius 2 is 1.79 bits per heavy atom. The van der Waals surface area contributed by atoms with E-state index in [0.717, 1.165) is 0 Å². The van der Waals surface area contributed by atoms with E-state index in [1.54, 1.807) is 43.3 Å². The van der Waals surface area contributed by atoms with Crippen molar-refractivity contribution >= 4 is 17.4 Å². The van der Waals surface area contributed by atoms with E-state index in [2.05, 4.69) is 0 Å². The Hall–Kier alpha value is -3.52. The highest BCUT2D eigenvalue weighted by Crippen LogP contribution is 2.41. The number of phenolic OH excluding ortho intramolecular Hbond substituents is 1. The number of carbonyl (C=O) groups excluding carboxylic acids is 2. The zero-order chi connectivity index (χ0) is 24.8. The Morgan fingerprint density at radius 1 is 1.09 bits per heavy atom. The molecule has 3 rings (SSSR count). The standard InChI is InChI=1S/C26H31NO7/c1-5-33-21-14-18(8-11-20(21)28)23-22(25(30)26(31)27(23)12-13-32-4)24(29)17-6-9-19(10-7-17)34-15-16(2)3/h6-11,14,16,23,28-29H,5,12-13,15H2,1-4H3/b24-22-. The van der Waals surface area contributed by atoms with E-state index in [-0.39, 0.29) is 36.0 Å². The van der Waals surface area contributed by atoms with Gasteiger partial charge in [-0.15, -0.1) is 0 Å². The van der Waals surface area contributed by atoms with E-state index in [1.807, 2.05) is 13.8 Å². The lowest BCUT2D eigenvalue weighted by molar-refractivity contribution is -0.140. The molecule has 1 aliphatic heterocycles. The molecular weight excluding hydrogens is 438 g/mol. The number of hydrogen-bond donors (Lipinski definition) is 2. The molecule has 1 atom stereocenters. The predicted octanol–water partition coefficient (Wildman–Crippen LogP) is 3.89. The second kappa shape index (κ2) is 11.1. The van der Waals surface area contributed by atoms with Gasteiger partial charge in [-0.2, -0.15) is 0 Å². The summed E-state index contributed by atoms with van der Waals surface area (Å²) in [6, 6.07) is 10.5. The quantitative estimate of drug-likeness (QED) is 0.309. The lowest BCUT2D eigenvalue weighted by Gasteiger charge is -2.25. The first-order valence-corrected chi connectivity index (χ1v) is 11.2. The van der Waals surface area contributed by atoms with Crippen molar-refractivity contribution in [2.24, 2.45) is 5.92 Å². The van der Waals surface area contributed by atoms with Crippen LogP contribution in [-0.4, -0.2) is 60.3 Å². The molecule has 0 saturated carbocycles. The molecule has 1 amide bonds. The number of nitrogens with zero attached hydrogens (tertiary/aromatic N) is 1. The molecule has 0 aromatic heterocycles. The summed E-state index contributed by atoms with van der Waals surface area (Å²) in [5.74, 6) is -0.633. The van der Waals surface area contributed by atoms with Crippen LogP contribution in [0, 0.1) is 5.92 Å². The van der Waals surface area contributed by atoms with Gasteiger partial charge >= 0.3 is 0 Å². The van der Waals surface area contributed by atoms with Crippen LogP contribution >= 0.6 is 0 Å². The fourth-order valence-corrected chi connectivity index (χ4v) is 3.75. The molecule has 1 unspecified atom stereocenters. The van der Waals surface area contributed by atoms with Crippen molar-refractivity contribution in [3.05, 3.63) is 59.2 Å². The van der Waals surface area contributed by atoms with Crippen molar-refractivity contribution in [3.63, 3.8) is 0 Å². The van der Waals surface area contributed by atoms with Gasteiger partial charge in [0.2, 0.25) is 0 Å². The van der Waals surface area contributed by atoms with E-state index < -0.39 is 17.7 Å². The van der Waals surface area contributed by atoms with Crippen molar-refractivity contribution < 1.29 is 34.0 Å². The van der Waals surface area contributed by atoms with Crippen molar-refractivity contribution in [1.29, 1.82) is 0 Å². The van der Waals surface area contributed by atoms with E-state index in [4.69, 9.17) is 14.2 Å². The van der Waals surface area contributed by atoms with Crippen LogP contribution in [0.25, 0.3) is 5.76 Å². The fourth-order valence-electron chi connectivity index (χ4n) is 3.75. The highest BCUT2D eigenvalue weighted by molar-refractivity contribution is 6.46. The zero-order valence-corrected chi connectivity index (χ0v) is 19.9. The van der Waals surface area contributed by atoms with Gasteiger partial charge in [-0.25, -0.2) is 0 Å². The molecule has 0 bridgehead atoms. The van der Waals surface area contributed by atoms with Crippen molar-refractivity contribution in [1.82, 2.24) is 4.90 Å². The molecule has 1 fully saturated rings. The number of hydrogen-bond acceptors (Lipinski definition) is 7. The Labute approximate surface area is 199 Å². The molecule has 182 valence electrons. The highest BCUT2D eigenvalue weighted by atomic mass is 16.5. The third-order valence-electron chi connectivity index (χ3n) is 5.39. The van der Waals surface area contributed by atoms with Gasteiger partial charge in [0.15, 0.2) is 11.5 Å². The lowest BCUT2D eigenvalue weighted by atomic mass is 9.95. The van der Waals surface area contributed by atoms with Gasteiger partial charge in [0, 0.05) is 19.2 Å². The average molecular weight is 470 g/mol. The molecule has 8 nitrogen and oxygen atoms in total. The molecule has 0 radical (unpaired) electrons. The largest absolute Gasteiger partial charge is 0.507 e. The minimum atomic E-state index is -0.869. The minimum absolute atomic E-state index is 0.0370. The Balaban J connectivity index is 2.07. The van der Waals surface area contributed by atoms with E-state index in [0.29, 0.717) is 36.0 Å². The van der Waals surface area contributed by atoms with Gasteiger partial charge in [0.1, 0.15) is 11.5 Å². The number of amides is 1. The van der Waals surface area contributed by atoms with Gasteiger partial charge in [-0.1, -0.05) is 19.9 Å². The van der Waals surface area contributed by atoms with Gasteiger partial charge in [-0.05, 0) is 54.8 Å². The monoisotopic (exact) mass is 469 g/mol. The molecule has 0 spiro atoms. The number of ether oxygens (including phenoxy) is 3. The number of benzene rings is 2. The highest BCUT2D eigenvalue weighted by Gasteiger charge is 2.46. The number of methoxy groups -OCH3 is 1. The smallest absolute Gasteiger partial charge is 0.295 e. The number of ketones is 1. The molecule has 2 aromatic carbocycles. The van der Waals surface area contributed by atoms with Gasteiger partial charge in [0.05, 0.1) is 31.4 Å².